The Bertz CT molecular complexity index is 403. The highest BCUT2D eigenvalue weighted by Crippen LogP contribution is 2.25. The number of fused-ring (bicyclic) bond motifs is 1. The van der Waals surface area contributed by atoms with Gasteiger partial charge < -0.3 is 10.4 Å². The highest BCUT2D eigenvalue weighted by Gasteiger charge is 2.24. The van der Waals surface area contributed by atoms with Gasteiger partial charge in [0, 0.05) is 12.0 Å². The number of aryl methyl sites for hydroxylation is 1. The van der Waals surface area contributed by atoms with Crippen LogP contribution in [0, 0.1) is 5.92 Å². The fourth-order valence-corrected chi connectivity index (χ4v) is 2.33. The van der Waals surface area contributed by atoms with Gasteiger partial charge in [-0.1, -0.05) is 24.3 Å². The van der Waals surface area contributed by atoms with Crippen LogP contribution in [0.3, 0.4) is 0 Å². The number of nitrogens with one attached hydrogen (secondary N) is 1. The molecule has 2 rings (SSSR count). The number of aliphatic hydroxyl groups is 1. The fourth-order valence-electron chi connectivity index (χ4n) is 2.33. The third kappa shape index (κ3) is 2.86. The molecule has 0 saturated carbocycles. The summed E-state index contributed by atoms with van der Waals surface area (Å²) in [7, 11) is 0. The molecule has 92 valence electrons. The van der Waals surface area contributed by atoms with Gasteiger partial charge in [0.15, 0.2) is 0 Å². The number of aliphatic hydroxyl groups excluding tert-OH is 1. The summed E-state index contributed by atoms with van der Waals surface area (Å²) in [5.41, 5.74) is 2.65. The molecule has 0 radical (unpaired) electrons. The summed E-state index contributed by atoms with van der Waals surface area (Å²) in [6.07, 6.45) is 2.70. The van der Waals surface area contributed by atoms with Crippen LogP contribution in [-0.2, 0) is 17.6 Å². The van der Waals surface area contributed by atoms with Gasteiger partial charge in [0.25, 0.3) is 0 Å². The maximum absolute atomic E-state index is 12.0. The lowest BCUT2D eigenvalue weighted by Gasteiger charge is -2.25. The molecule has 1 aliphatic rings. The maximum Gasteiger partial charge on any atom is 0.223 e. The molecule has 1 aromatic rings. The van der Waals surface area contributed by atoms with Gasteiger partial charge >= 0.3 is 0 Å². The third-order valence-electron chi connectivity index (χ3n) is 3.38. The van der Waals surface area contributed by atoms with Crippen LogP contribution in [0.2, 0.25) is 0 Å². The van der Waals surface area contributed by atoms with E-state index in [-0.39, 0.29) is 24.5 Å². The standard InChI is InChI=1S/C14H19NO2/c1-10(9-16)15-14(17)13-7-6-11-4-2-3-5-12(11)8-13/h2-5,10,13,16H,6-9H2,1H3,(H,15,17)/t10-,13?/m1/s1. The van der Waals surface area contributed by atoms with Crippen molar-refractivity contribution in [2.75, 3.05) is 6.61 Å². The normalized spacial score (nSPS) is 20.5. The largest absolute Gasteiger partial charge is 0.394 e. The molecule has 0 bridgehead atoms. The molecule has 17 heavy (non-hydrogen) atoms. The highest BCUT2D eigenvalue weighted by atomic mass is 16.3. The summed E-state index contributed by atoms with van der Waals surface area (Å²) in [6.45, 7) is 1.81. The monoisotopic (exact) mass is 233 g/mol. The van der Waals surface area contributed by atoms with Gasteiger partial charge in [-0.15, -0.1) is 0 Å². The summed E-state index contributed by atoms with van der Waals surface area (Å²) in [4.78, 5) is 12.0. The molecular formula is C14H19NO2. The van der Waals surface area contributed by atoms with E-state index in [1.165, 1.54) is 11.1 Å². The summed E-state index contributed by atoms with van der Waals surface area (Å²) >= 11 is 0. The lowest BCUT2D eigenvalue weighted by Crippen LogP contribution is -2.40. The molecular weight excluding hydrogens is 214 g/mol. The van der Waals surface area contributed by atoms with Crippen molar-refractivity contribution in [3.8, 4) is 0 Å². The molecule has 2 N–H and O–H groups in total. The van der Waals surface area contributed by atoms with Crippen molar-refractivity contribution in [1.82, 2.24) is 5.32 Å². The van der Waals surface area contributed by atoms with Crippen LogP contribution in [0.1, 0.15) is 24.5 Å². The topological polar surface area (TPSA) is 49.3 Å². The van der Waals surface area contributed by atoms with Crippen molar-refractivity contribution in [3.63, 3.8) is 0 Å². The first-order chi connectivity index (χ1) is 8.20. The van der Waals surface area contributed by atoms with Crippen molar-refractivity contribution in [3.05, 3.63) is 35.4 Å². The number of benzene rings is 1. The SMILES string of the molecule is C[C@H](CO)NC(=O)C1CCc2ccccc2C1. The van der Waals surface area contributed by atoms with Gasteiger partial charge in [-0.3, -0.25) is 4.79 Å². The molecule has 0 spiro atoms. The van der Waals surface area contributed by atoms with Crippen LogP contribution < -0.4 is 5.32 Å². The van der Waals surface area contributed by atoms with Crippen molar-refractivity contribution >= 4 is 5.91 Å². The molecule has 3 nitrogen and oxygen atoms in total. The third-order valence-corrected chi connectivity index (χ3v) is 3.38. The number of rotatable bonds is 3. The number of carbonyl (C=O) groups excluding carboxylic acids is 1. The van der Waals surface area contributed by atoms with Gasteiger partial charge in [-0.2, -0.15) is 0 Å². The minimum atomic E-state index is -0.153. The highest BCUT2D eigenvalue weighted by molar-refractivity contribution is 5.79. The molecule has 3 heteroatoms. The summed E-state index contributed by atoms with van der Waals surface area (Å²) in [5.74, 6) is 0.125. The Labute approximate surface area is 102 Å². The second-order valence-electron chi connectivity index (χ2n) is 4.80. The molecule has 0 aliphatic heterocycles. The maximum atomic E-state index is 12.0. The lowest BCUT2D eigenvalue weighted by atomic mass is 9.83. The van der Waals surface area contributed by atoms with E-state index in [4.69, 9.17) is 5.11 Å². The average molecular weight is 233 g/mol. The van der Waals surface area contributed by atoms with E-state index in [9.17, 15) is 4.79 Å². The quantitative estimate of drug-likeness (QED) is 0.826. The fraction of sp³-hybridized carbons (Fsp3) is 0.500. The number of carbonyl (C=O) groups is 1. The number of hydrogen-bond acceptors (Lipinski definition) is 2. The first-order valence-electron chi connectivity index (χ1n) is 6.18. The van der Waals surface area contributed by atoms with Crippen LogP contribution in [0.25, 0.3) is 0 Å². The number of hydrogen-bond donors (Lipinski definition) is 2. The molecule has 0 saturated heterocycles. The molecule has 0 heterocycles. The van der Waals surface area contributed by atoms with Gasteiger partial charge in [0.05, 0.1) is 6.61 Å². The van der Waals surface area contributed by atoms with Gasteiger partial charge in [0.1, 0.15) is 0 Å². The average Bonchev–Trinajstić information content (AvgIpc) is 2.38. The zero-order valence-electron chi connectivity index (χ0n) is 10.1. The molecule has 2 atom stereocenters. The van der Waals surface area contributed by atoms with Crippen LogP contribution >= 0.6 is 0 Å². The molecule has 1 amide bonds. The Kier molecular flexibility index (Phi) is 3.79. The molecule has 1 aliphatic carbocycles. The van der Waals surface area contributed by atoms with Crippen LogP contribution in [0.15, 0.2) is 24.3 Å². The van der Waals surface area contributed by atoms with E-state index in [2.05, 4.69) is 17.4 Å². The van der Waals surface area contributed by atoms with E-state index < -0.39 is 0 Å². The summed E-state index contributed by atoms with van der Waals surface area (Å²) < 4.78 is 0. The Hall–Kier alpha value is -1.35. The Morgan fingerprint density at radius 3 is 2.88 bits per heavy atom. The van der Waals surface area contributed by atoms with Crippen molar-refractivity contribution in [2.24, 2.45) is 5.92 Å². The molecule has 1 aromatic carbocycles. The van der Waals surface area contributed by atoms with E-state index in [1.54, 1.807) is 0 Å². The van der Waals surface area contributed by atoms with Gasteiger partial charge in [0.2, 0.25) is 5.91 Å². The summed E-state index contributed by atoms with van der Waals surface area (Å²) in [6, 6.07) is 8.16. The Morgan fingerprint density at radius 2 is 2.18 bits per heavy atom. The Morgan fingerprint density at radius 1 is 1.47 bits per heavy atom. The predicted octanol–water partition coefficient (Wildman–Crippen LogP) is 1.29. The predicted molar refractivity (Wildman–Crippen MR) is 66.6 cm³/mol. The second-order valence-corrected chi connectivity index (χ2v) is 4.80. The lowest BCUT2D eigenvalue weighted by molar-refractivity contribution is -0.126. The van der Waals surface area contributed by atoms with Crippen molar-refractivity contribution in [1.29, 1.82) is 0 Å². The van der Waals surface area contributed by atoms with Crippen LogP contribution in [-0.4, -0.2) is 23.7 Å². The van der Waals surface area contributed by atoms with Crippen LogP contribution in [0.5, 0.6) is 0 Å². The molecule has 0 fully saturated rings. The zero-order valence-corrected chi connectivity index (χ0v) is 10.1. The minimum absolute atomic E-state index is 0.00491. The van der Waals surface area contributed by atoms with Crippen molar-refractivity contribution in [2.45, 2.75) is 32.2 Å². The van der Waals surface area contributed by atoms with E-state index >= 15 is 0 Å². The summed E-state index contributed by atoms with van der Waals surface area (Å²) in [5, 5.41) is 11.8. The van der Waals surface area contributed by atoms with Gasteiger partial charge in [-0.05, 0) is 37.3 Å². The smallest absolute Gasteiger partial charge is 0.223 e. The Balaban J connectivity index is 2.00. The van der Waals surface area contributed by atoms with E-state index in [1.807, 2.05) is 19.1 Å². The van der Waals surface area contributed by atoms with Crippen LogP contribution in [0.4, 0.5) is 0 Å². The van der Waals surface area contributed by atoms with E-state index in [0.717, 1.165) is 19.3 Å². The number of amides is 1. The molecule has 0 aromatic heterocycles. The first kappa shape index (κ1) is 12.1. The second kappa shape index (κ2) is 5.32. The first-order valence-corrected chi connectivity index (χ1v) is 6.18. The van der Waals surface area contributed by atoms with Gasteiger partial charge in [-0.25, -0.2) is 0 Å². The zero-order chi connectivity index (χ0) is 12.3. The van der Waals surface area contributed by atoms with E-state index in [0.29, 0.717) is 0 Å². The minimum Gasteiger partial charge on any atom is -0.394 e. The molecule has 1 unspecified atom stereocenters. The van der Waals surface area contributed by atoms with Crippen molar-refractivity contribution < 1.29 is 9.90 Å².